The Balaban J connectivity index is 2.11. The summed E-state index contributed by atoms with van der Waals surface area (Å²) in [5.74, 6) is 5.74. The predicted molar refractivity (Wildman–Crippen MR) is 85.2 cm³/mol. The number of aromatic nitrogens is 2. The van der Waals surface area contributed by atoms with Crippen molar-refractivity contribution in [3.63, 3.8) is 0 Å². The molecule has 20 heavy (non-hydrogen) atoms. The summed E-state index contributed by atoms with van der Waals surface area (Å²) in [6, 6.07) is 8.69. The van der Waals surface area contributed by atoms with E-state index in [1.54, 1.807) is 0 Å². The highest BCUT2D eigenvalue weighted by Gasteiger charge is 2.18. The second kappa shape index (κ2) is 7.02. The minimum atomic E-state index is 0.0901. The van der Waals surface area contributed by atoms with Crippen LogP contribution in [0.3, 0.4) is 0 Å². The molecule has 0 aliphatic rings. The van der Waals surface area contributed by atoms with E-state index in [1.165, 1.54) is 11.1 Å². The fourth-order valence-corrected chi connectivity index (χ4v) is 3.02. The zero-order chi connectivity index (χ0) is 14.5. The molecule has 1 aromatic carbocycles. The first-order valence-corrected chi connectivity index (χ1v) is 7.67. The second-order valence-electron chi connectivity index (χ2n) is 4.94. The molecule has 1 atom stereocenters. The summed E-state index contributed by atoms with van der Waals surface area (Å²) in [4.78, 5) is 0. The number of nitrogens with two attached hydrogens (primary N) is 1. The van der Waals surface area contributed by atoms with Gasteiger partial charge in [0.15, 0.2) is 0 Å². The fraction of sp³-hybridized carbons (Fsp3) is 0.400. The van der Waals surface area contributed by atoms with Crippen LogP contribution in [-0.4, -0.2) is 9.78 Å². The minimum Gasteiger partial charge on any atom is -0.271 e. The predicted octanol–water partition coefficient (Wildman–Crippen LogP) is 3.11. The number of benzene rings is 1. The van der Waals surface area contributed by atoms with Gasteiger partial charge >= 0.3 is 0 Å². The lowest BCUT2D eigenvalue weighted by atomic mass is 10.0. The van der Waals surface area contributed by atoms with Crippen LogP contribution in [0, 0.1) is 6.92 Å². The van der Waals surface area contributed by atoms with Crippen LogP contribution in [0.25, 0.3) is 0 Å². The molecular formula is C15H21BrN4. The number of hydrazine groups is 1. The molecule has 4 nitrogen and oxygen atoms in total. The molecule has 2 rings (SSSR count). The highest BCUT2D eigenvalue weighted by Crippen LogP contribution is 2.26. The summed E-state index contributed by atoms with van der Waals surface area (Å²) in [5, 5.41) is 4.35. The van der Waals surface area contributed by atoms with E-state index >= 15 is 0 Å². The van der Waals surface area contributed by atoms with Gasteiger partial charge in [-0.3, -0.25) is 16.0 Å². The molecule has 0 spiro atoms. The van der Waals surface area contributed by atoms with Crippen LogP contribution in [0.2, 0.25) is 0 Å². The molecule has 1 heterocycles. The Kier molecular flexibility index (Phi) is 5.34. The van der Waals surface area contributed by atoms with Crippen LogP contribution >= 0.6 is 15.9 Å². The highest BCUT2D eigenvalue weighted by molar-refractivity contribution is 9.10. The first kappa shape index (κ1) is 15.2. The smallest absolute Gasteiger partial charge is 0.0709 e. The number of nitrogens with one attached hydrogen (secondary N) is 1. The first-order valence-electron chi connectivity index (χ1n) is 6.88. The lowest BCUT2D eigenvalue weighted by molar-refractivity contribution is 0.465. The van der Waals surface area contributed by atoms with E-state index in [9.17, 15) is 0 Å². The molecule has 1 unspecified atom stereocenters. The number of rotatable bonds is 6. The van der Waals surface area contributed by atoms with Crippen LogP contribution in [-0.2, 0) is 13.0 Å². The molecule has 0 radical (unpaired) electrons. The quantitative estimate of drug-likeness (QED) is 0.629. The van der Waals surface area contributed by atoms with Crippen molar-refractivity contribution in [1.29, 1.82) is 0 Å². The molecule has 0 saturated carbocycles. The summed E-state index contributed by atoms with van der Waals surface area (Å²) < 4.78 is 2.98. The van der Waals surface area contributed by atoms with Gasteiger partial charge in [-0.15, -0.1) is 0 Å². The lowest BCUT2D eigenvalue weighted by Crippen LogP contribution is -2.30. The van der Waals surface area contributed by atoms with Gasteiger partial charge in [-0.1, -0.05) is 29.8 Å². The topological polar surface area (TPSA) is 55.9 Å². The third-order valence-electron chi connectivity index (χ3n) is 3.47. The summed E-state index contributed by atoms with van der Waals surface area (Å²) in [6.45, 7) is 5.03. The van der Waals surface area contributed by atoms with Crippen molar-refractivity contribution in [3.8, 4) is 0 Å². The van der Waals surface area contributed by atoms with Crippen molar-refractivity contribution < 1.29 is 0 Å². The number of halogens is 1. The van der Waals surface area contributed by atoms with Gasteiger partial charge < -0.3 is 0 Å². The molecule has 5 heteroatoms. The average molecular weight is 337 g/mol. The van der Waals surface area contributed by atoms with E-state index in [0.29, 0.717) is 0 Å². The molecule has 0 saturated heterocycles. The van der Waals surface area contributed by atoms with Crippen LogP contribution in [0.1, 0.15) is 36.2 Å². The van der Waals surface area contributed by atoms with Crippen molar-refractivity contribution in [1.82, 2.24) is 15.2 Å². The van der Waals surface area contributed by atoms with E-state index in [-0.39, 0.29) is 6.04 Å². The van der Waals surface area contributed by atoms with Crippen LogP contribution in [0.15, 0.2) is 34.9 Å². The summed E-state index contributed by atoms with van der Waals surface area (Å²) in [7, 11) is 0. The van der Waals surface area contributed by atoms with Crippen LogP contribution in [0.4, 0.5) is 0 Å². The standard InChI is InChI=1S/C15H21BrN4/c1-3-20-15(13(16)10-18-20)14(19-17)8-7-12-6-4-5-11(2)9-12/h4-6,9-10,14,19H,3,7-8,17H2,1-2H3. The van der Waals surface area contributed by atoms with Gasteiger partial charge in [0.05, 0.1) is 22.4 Å². The Labute approximate surface area is 128 Å². The normalized spacial score (nSPS) is 12.6. The maximum Gasteiger partial charge on any atom is 0.0709 e. The third kappa shape index (κ3) is 3.48. The number of hydrogen-bond donors (Lipinski definition) is 2. The molecule has 0 aliphatic heterocycles. The lowest BCUT2D eigenvalue weighted by Gasteiger charge is -2.18. The Morgan fingerprint density at radius 3 is 2.90 bits per heavy atom. The van der Waals surface area contributed by atoms with Crippen molar-refractivity contribution in [2.24, 2.45) is 5.84 Å². The SMILES string of the molecule is CCn1ncc(Br)c1C(CCc1cccc(C)c1)NN. The van der Waals surface area contributed by atoms with Crippen LogP contribution in [0.5, 0.6) is 0 Å². The van der Waals surface area contributed by atoms with Gasteiger partial charge in [-0.2, -0.15) is 5.10 Å². The molecule has 2 aromatic rings. The van der Waals surface area contributed by atoms with E-state index in [1.807, 2.05) is 10.9 Å². The maximum atomic E-state index is 5.74. The van der Waals surface area contributed by atoms with E-state index in [4.69, 9.17) is 5.84 Å². The van der Waals surface area contributed by atoms with Gasteiger partial charge in [0.1, 0.15) is 0 Å². The second-order valence-corrected chi connectivity index (χ2v) is 5.79. The largest absolute Gasteiger partial charge is 0.271 e. The zero-order valence-corrected chi connectivity index (χ0v) is 13.5. The number of nitrogens with zero attached hydrogens (tertiary/aromatic N) is 2. The van der Waals surface area contributed by atoms with Gasteiger partial charge in [0, 0.05) is 6.54 Å². The Morgan fingerprint density at radius 2 is 2.25 bits per heavy atom. The van der Waals surface area contributed by atoms with Gasteiger partial charge in [0.2, 0.25) is 0 Å². The van der Waals surface area contributed by atoms with Crippen molar-refractivity contribution in [2.75, 3.05) is 0 Å². The third-order valence-corrected chi connectivity index (χ3v) is 4.08. The summed E-state index contributed by atoms with van der Waals surface area (Å²) in [6.07, 6.45) is 3.75. The van der Waals surface area contributed by atoms with Gasteiger partial charge in [0.25, 0.3) is 0 Å². The zero-order valence-electron chi connectivity index (χ0n) is 11.9. The molecule has 0 bridgehead atoms. The minimum absolute atomic E-state index is 0.0901. The first-order chi connectivity index (χ1) is 9.65. The number of hydrogen-bond acceptors (Lipinski definition) is 3. The molecule has 0 aliphatic carbocycles. The summed E-state index contributed by atoms with van der Waals surface area (Å²) >= 11 is 3.56. The number of aryl methyl sites for hydroxylation is 3. The average Bonchev–Trinajstić information content (AvgIpc) is 2.81. The van der Waals surface area contributed by atoms with Crippen molar-refractivity contribution >= 4 is 15.9 Å². The Bertz CT molecular complexity index is 565. The van der Waals surface area contributed by atoms with Crippen molar-refractivity contribution in [2.45, 2.75) is 39.3 Å². The van der Waals surface area contributed by atoms with Crippen LogP contribution < -0.4 is 11.3 Å². The van der Waals surface area contributed by atoms with Gasteiger partial charge in [-0.05, 0) is 48.2 Å². The van der Waals surface area contributed by atoms with E-state index in [2.05, 4.69) is 64.6 Å². The molecular weight excluding hydrogens is 316 g/mol. The van der Waals surface area contributed by atoms with Crippen molar-refractivity contribution in [3.05, 3.63) is 51.8 Å². The van der Waals surface area contributed by atoms with E-state index in [0.717, 1.165) is 29.6 Å². The molecule has 108 valence electrons. The highest BCUT2D eigenvalue weighted by atomic mass is 79.9. The molecule has 1 aromatic heterocycles. The summed E-state index contributed by atoms with van der Waals surface area (Å²) in [5.41, 5.74) is 6.66. The molecule has 0 amide bonds. The molecule has 0 fully saturated rings. The van der Waals surface area contributed by atoms with E-state index < -0.39 is 0 Å². The fourth-order valence-electron chi connectivity index (χ4n) is 2.45. The maximum absolute atomic E-state index is 5.74. The monoisotopic (exact) mass is 336 g/mol. The van der Waals surface area contributed by atoms with Gasteiger partial charge in [-0.25, -0.2) is 0 Å². The Hall–Kier alpha value is -1.17. The Morgan fingerprint density at radius 1 is 1.45 bits per heavy atom. The molecule has 3 N–H and O–H groups in total.